The molecule has 5 nitrogen and oxygen atoms in total. The molecule has 1 aliphatic heterocycles. The molecule has 2 aromatic rings. The highest BCUT2D eigenvalue weighted by Crippen LogP contribution is 2.23. The number of nitrogens with one attached hydrogen (secondary N) is 2. The van der Waals surface area contributed by atoms with E-state index in [1.165, 1.54) is 0 Å². The number of aliphatic imine (C=N–C) groups is 1. The number of aromatic amines is 1. The molecule has 0 saturated carbocycles. The van der Waals surface area contributed by atoms with Gasteiger partial charge in [0.05, 0.1) is 11.6 Å². The number of benzene rings is 1. The molecule has 2 atom stereocenters. The van der Waals surface area contributed by atoms with Gasteiger partial charge in [-0.1, -0.05) is 18.2 Å². The van der Waals surface area contributed by atoms with Crippen molar-refractivity contribution in [2.75, 3.05) is 7.05 Å². The number of para-hydroxylation sites is 1. The summed E-state index contributed by atoms with van der Waals surface area (Å²) in [6.45, 7) is 0. The lowest BCUT2D eigenvalue weighted by atomic mass is 10.2. The predicted molar refractivity (Wildman–Crippen MR) is 68.2 cm³/mol. The minimum absolute atomic E-state index is 0.376. The zero-order valence-electron chi connectivity index (χ0n) is 9.84. The maximum Gasteiger partial charge on any atom is 0.221 e. The molecule has 0 fully saturated rings. The Hall–Kier alpha value is -2.32. The molecule has 0 aliphatic carbocycles. The Kier molecular flexibility index (Phi) is 2.50. The first-order chi connectivity index (χ1) is 8.83. The maximum atomic E-state index is 9.01. The monoisotopic (exact) mass is 240 g/mol. The van der Waals surface area contributed by atoms with Crippen LogP contribution >= 0.6 is 0 Å². The summed E-state index contributed by atoms with van der Waals surface area (Å²) in [6.07, 6.45) is 1.48. The van der Waals surface area contributed by atoms with Gasteiger partial charge >= 0.3 is 0 Å². The smallest absolute Gasteiger partial charge is 0.221 e. The number of nitrogens with zero attached hydrogens (tertiary/aromatic N) is 2. The largest absolute Gasteiger partial charge is 0.455 e. The Labute approximate surface area is 104 Å². The van der Waals surface area contributed by atoms with Crippen LogP contribution in [0, 0.1) is 11.3 Å². The average molecular weight is 240 g/mol. The van der Waals surface area contributed by atoms with Gasteiger partial charge in [-0.25, -0.2) is 4.99 Å². The first kappa shape index (κ1) is 10.8. The van der Waals surface area contributed by atoms with Gasteiger partial charge in [-0.05, 0) is 13.1 Å². The summed E-state index contributed by atoms with van der Waals surface area (Å²) in [6, 6.07) is 9.54. The van der Waals surface area contributed by atoms with Crippen LogP contribution in [-0.2, 0) is 4.74 Å². The van der Waals surface area contributed by atoms with E-state index in [-0.39, 0.29) is 6.23 Å². The van der Waals surface area contributed by atoms with Crippen molar-refractivity contribution >= 4 is 16.8 Å². The van der Waals surface area contributed by atoms with Crippen molar-refractivity contribution in [1.29, 1.82) is 5.26 Å². The molecular formula is C13H12N4O. The first-order valence-corrected chi connectivity index (χ1v) is 5.71. The van der Waals surface area contributed by atoms with Gasteiger partial charge in [-0.15, -0.1) is 0 Å². The van der Waals surface area contributed by atoms with Crippen molar-refractivity contribution in [2.24, 2.45) is 4.99 Å². The van der Waals surface area contributed by atoms with E-state index in [9.17, 15) is 0 Å². The van der Waals surface area contributed by atoms with Crippen molar-refractivity contribution in [1.82, 2.24) is 10.3 Å². The molecule has 3 rings (SSSR count). The van der Waals surface area contributed by atoms with Crippen LogP contribution in [0.3, 0.4) is 0 Å². The maximum absolute atomic E-state index is 9.01. The van der Waals surface area contributed by atoms with E-state index < -0.39 is 6.04 Å². The molecule has 2 N–H and O–H groups in total. The number of ether oxygens (including phenoxy) is 1. The van der Waals surface area contributed by atoms with Crippen molar-refractivity contribution in [2.45, 2.75) is 12.3 Å². The quantitative estimate of drug-likeness (QED) is 0.833. The fraction of sp³-hybridized carbons (Fsp3) is 0.231. The zero-order chi connectivity index (χ0) is 12.5. The molecule has 0 bridgehead atoms. The third kappa shape index (κ3) is 1.55. The van der Waals surface area contributed by atoms with Crippen LogP contribution in [0.15, 0.2) is 35.5 Å². The van der Waals surface area contributed by atoms with Gasteiger partial charge in [0, 0.05) is 17.1 Å². The van der Waals surface area contributed by atoms with Gasteiger partial charge in [-0.3, -0.25) is 5.32 Å². The minimum atomic E-state index is -0.501. The van der Waals surface area contributed by atoms with Gasteiger partial charge in [0.2, 0.25) is 5.90 Å². The lowest BCUT2D eigenvalue weighted by Gasteiger charge is -2.11. The second kappa shape index (κ2) is 4.17. The van der Waals surface area contributed by atoms with E-state index >= 15 is 0 Å². The fourth-order valence-corrected chi connectivity index (χ4v) is 2.10. The molecule has 90 valence electrons. The number of likely N-dealkylation sites (N-methyl/N-ethyl adjacent to an activating group) is 1. The van der Waals surface area contributed by atoms with E-state index in [4.69, 9.17) is 10.00 Å². The summed E-state index contributed by atoms with van der Waals surface area (Å²) in [5, 5.41) is 13.0. The Morgan fingerprint density at radius 2 is 2.28 bits per heavy atom. The fourth-order valence-electron chi connectivity index (χ4n) is 2.10. The van der Waals surface area contributed by atoms with E-state index in [0.717, 1.165) is 16.5 Å². The number of fused-ring (bicyclic) bond motifs is 1. The minimum Gasteiger partial charge on any atom is -0.455 e. The van der Waals surface area contributed by atoms with Crippen molar-refractivity contribution in [3.05, 3.63) is 36.0 Å². The average Bonchev–Trinajstić information content (AvgIpc) is 3.01. The summed E-state index contributed by atoms with van der Waals surface area (Å²) < 4.78 is 5.66. The highest BCUT2D eigenvalue weighted by molar-refractivity contribution is 6.07. The second-order valence-corrected chi connectivity index (χ2v) is 4.08. The van der Waals surface area contributed by atoms with E-state index in [0.29, 0.717) is 5.90 Å². The highest BCUT2D eigenvalue weighted by atomic mass is 16.5. The lowest BCUT2D eigenvalue weighted by molar-refractivity contribution is 0.179. The van der Waals surface area contributed by atoms with Crippen molar-refractivity contribution in [3.8, 4) is 6.07 Å². The Morgan fingerprint density at radius 1 is 1.44 bits per heavy atom. The van der Waals surface area contributed by atoms with E-state index in [2.05, 4.69) is 21.4 Å². The summed E-state index contributed by atoms with van der Waals surface area (Å²) >= 11 is 0. The second-order valence-electron chi connectivity index (χ2n) is 4.08. The van der Waals surface area contributed by atoms with Crippen LogP contribution in [-0.4, -0.2) is 30.2 Å². The Balaban J connectivity index is 2.04. The topological polar surface area (TPSA) is 73.2 Å². The highest BCUT2D eigenvalue weighted by Gasteiger charge is 2.31. The number of nitriles is 1. The normalized spacial score (nSPS) is 22.6. The lowest BCUT2D eigenvalue weighted by Crippen LogP contribution is -2.34. The Bertz CT molecular complexity index is 652. The summed E-state index contributed by atoms with van der Waals surface area (Å²) in [7, 11) is 1.75. The molecule has 0 spiro atoms. The molecule has 0 saturated heterocycles. The van der Waals surface area contributed by atoms with Crippen LogP contribution in [0.4, 0.5) is 0 Å². The van der Waals surface area contributed by atoms with Crippen LogP contribution in [0.1, 0.15) is 5.56 Å². The molecule has 2 unspecified atom stereocenters. The zero-order valence-corrected chi connectivity index (χ0v) is 9.84. The molecule has 1 aromatic heterocycles. The van der Waals surface area contributed by atoms with Gasteiger partial charge in [-0.2, -0.15) is 5.26 Å². The molecule has 1 aliphatic rings. The first-order valence-electron chi connectivity index (χ1n) is 5.71. The van der Waals surface area contributed by atoms with Gasteiger partial charge in [0.15, 0.2) is 12.3 Å². The SMILES string of the molecule is CNC1OC(c2c[nH]c3ccccc23)=NC1C#N. The van der Waals surface area contributed by atoms with E-state index in [1.54, 1.807) is 7.05 Å². The van der Waals surface area contributed by atoms with Gasteiger partial charge in [0.25, 0.3) is 0 Å². The van der Waals surface area contributed by atoms with Crippen LogP contribution < -0.4 is 5.32 Å². The van der Waals surface area contributed by atoms with Crippen molar-refractivity contribution in [3.63, 3.8) is 0 Å². The number of hydrogen-bond donors (Lipinski definition) is 2. The molecule has 18 heavy (non-hydrogen) atoms. The van der Waals surface area contributed by atoms with Crippen LogP contribution in [0.25, 0.3) is 10.9 Å². The molecule has 2 heterocycles. The third-order valence-corrected chi connectivity index (χ3v) is 3.02. The summed E-state index contributed by atoms with van der Waals surface area (Å²) in [4.78, 5) is 7.47. The van der Waals surface area contributed by atoms with E-state index in [1.807, 2.05) is 30.5 Å². The van der Waals surface area contributed by atoms with Crippen LogP contribution in [0.2, 0.25) is 0 Å². The van der Waals surface area contributed by atoms with Gasteiger partial charge in [0.1, 0.15) is 0 Å². The molecular weight excluding hydrogens is 228 g/mol. The number of rotatable bonds is 2. The number of aromatic nitrogens is 1. The molecule has 0 radical (unpaired) electrons. The predicted octanol–water partition coefficient (Wildman–Crippen LogP) is 1.38. The summed E-state index contributed by atoms with van der Waals surface area (Å²) in [5.41, 5.74) is 1.92. The van der Waals surface area contributed by atoms with Gasteiger partial charge < -0.3 is 9.72 Å². The molecule has 0 amide bonds. The standard InChI is InChI=1S/C13H12N4O/c1-15-13-11(6-14)17-12(18-13)9-7-16-10-5-3-2-4-8(9)10/h2-5,7,11,13,15-16H,1H3. The Morgan fingerprint density at radius 3 is 3.00 bits per heavy atom. The third-order valence-electron chi connectivity index (χ3n) is 3.02. The van der Waals surface area contributed by atoms with Crippen molar-refractivity contribution < 1.29 is 4.74 Å². The number of H-pyrrole nitrogens is 1. The summed E-state index contributed by atoms with van der Waals surface area (Å²) in [5.74, 6) is 0.512. The molecule has 1 aromatic carbocycles. The van der Waals surface area contributed by atoms with Crippen LogP contribution in [0.5, 0.6) is 0 Å². The molecule has 5 heteroatoms. The number of hydrogen-bond acceptors (Lipinski definition) is 4.